The van der Waals surface area contributed by atoms with Crippen LogP contribution in [-0.4, -0.2) is 28.3 Å². The van der Waals surface area contributed by atoms with Crippen LogP contribution < -0.4 is 5.32 Å². The van der Waals surface area contributed by atoms with Crippen LogP contribution in [0.3, 0.4) is 0 Å². The summed E-state index contributed by atoms with van der Waals surface area (Å²) in [5.41, 5.74) is 1.04. The van der Waals surface area contributed by atoms with E-state index in [0.29, 0.717) is 5.25 Å². The van der Waals surface area contributed by atoms with Gasteiger partial charge in [0.05, 0.1) is 0 Å². The van der Waals surface area contributed by atoms with E-state index in [9.17, 15) is 0 Å². The van der Waals surface area contributed by atoms with Crippen LogP contribution in [0.1, 0.15) is 12.1 Å². The van der Waals surface area contributed by atoms with Crippen LogP contribution in [0.2, 0.25) is 0 Å². The summed E-state index contributed by atoms with van der Waals surface area (Å²) in [5.74, 6) is 0. The average Bonchev–Trinajstić information content (AvgIpc) is 2.57. The molecule has 0 spiro atoms. The van der Waals surface area contributed by atoms with Gasteiger partial charge in [0, 0.05) is 23.7 Å². The lowest BCUT2D eigenvalue weighted by Gasteiger charge is -2.05. The van der Waals surface area contributed by atoms with E-state index in [2.05, 4.69) is 15.3 Å². The number of thioether (sulfide) groups is 1. The van der Waals surface area contributed by atoms with Crippen LogP contribution in [0.15, 0.2) is 17.4 Å². The summed E-state index contributed by atoms with van der Waals surface area (Å²) in [5, 5.41) is 4.90. The predicted molar refractivity (Wildman–Crippen MR) is 53.9 cm³/mol. The molecule has 1 saturated heterocycles. The number of aromatic nitrogens is 2. The van der Waals surface area contributed by atoms with Gasteiger partial charge in [-0.15, -0.1) is 0 Å². The molecule has 1 aliphatic heterocycles. The molecule has 4 heteroatoms. The van der Waals surface area contributed by atoms with Crippen molar-refractivity contribution in [2.45, 2.75) is 23.8 Å². The van der Waals surface area contributed by atoms with Gasteiger partial charge in [-0.3, -0.25) is 0 Å². The van der Waals surface area contributed by atoms with Gasteiger partial charge in [-0.1, -0.05) is 11.8 Å². The molecular formula is C9H13N3S. The molecular weight excluding hydrogens is 182 g/mol. The van der Waals surface area contributed by atoms with Crippen LogP contribution >= 0.6 is 11.8 Å². The molecule has 1 N–H and O–H groups in total. The zero-order valence-corrected chi connectivity index (χ0v) is 8.47. The minimum Gasteiger partial charge on any atom is -0.316 e. The van der Waals surface area contributed by atoms with Crippen LogP contribution in [0.4, 0.5) is 0 Å². The van der Waals surface area contributed by atoms with E-state index in [0.717, 1.165) is 23.9 Å². The molecule has 0 saturated carbocycles. The standard InChI is InChI=1S/C9H13N3S/c1-7-2-5-11-9(12-7)13-8-3-4-10-6-8/h2,5,8,10H,3-4,6H2,1H3/t8-/m1/s1. The smallest absolute Gasteiger partial charge is 0.188 e. The summed E-state index contributed by atoms with van der Waals surface area (Å²) in [6.07, 6.45) is 3.05. The van der Waals surface area contributed by atoms with Gasteiger partial charge in [0.1, 0.15) is 0 Å². The molecule has 2 heterocycles. The third kappa shape index (κ3) is 2.42. The lowest BCUT2D eigenvalue weighted by atomic mass is 10.4. The molecule has 0 aliphatic carbocycles. The number of hydrogen-bond donors (Lipinski definition) is 1. The second-order valence-electron chi connectivity index (χ2n) is 3.21. The van der Waals surface area contributed by atoms with E-state index in [1.807, 2.05) is 19.2 Å². The number of hydrogen-bond acceptors (Lipinski definition) is 4. The van der Waals surface area contributed by atoms with E-state index in [1.54, 1.807) is 11.8 Å². The topological polar surface area (TPSA) is 37.8 Å². The van der Waals surface area contributed by atoms with E-state index < -0.39 is 0 Å². The van der Waals surface area contributed by atoms with Crippen molar-refractivity contribution < 1.29 is 0 Å². The van der Waals surface area contributed by atoms with Crippen LogP contribution in [0.5, 0.6) is 0 Å². The van der Waals surface area contributed by atoms with Crippen LogP contribution in [0.25, 0.3) is 0 Å². The Morgan fingerprint density at radius 1 is 1.62 bits per heavy atom. The van der Waals surface area contributed by atoms with E-state index in [-0.39, 0.29) is 0 Å². The van der Waals surface area contributed by atoms with Gasteiger partial charge in [-0.05, 0) is 26.0 Å². The highest BCUT2D eigenvalue weighted by Gasteiger charge is 2.16. The molecule has 1 fully saturated rings. The summed E-state index contributed by atoms with van der Waals surface area (Å²) in [6.45, 7) is 4.21. The molecule has 0 unspecified atom stereocenters. The monoisotopic (exact) mass is 195 g/mol. The Bertz CT molecular complexity index is 284. The highest BCUT2D eigenvalue weighted by Crippen LogP contribution is 2.23. The third-order valence-electron chi connectivity index (χ3n) is 2.06. The summed E-state index contributed by atoms with van der Waals surface area (Å²) in [7, 11) is 0. The van der Waals surface area contributed by atoms with E-state index >= 15 is 0 Å². The quantitative estimate of drug-likeness (QED) is 0.720. The SMILES string of the molecule is Cc1ccnc(S[C@@H]2CCNC2)n1. The summed E-state index contributed by atoms with van der Waals surface area (Å²) in [4.78, 5) is 8.59. The van der Waals surface area contributed by atoms with Crippen molar-refractivity contribution in [1.82, 2.24) is 15.3 Å². The molecule has 0 radical (unpaired) electrons. The number of nitrogens with one attached hydrogen (secondary N) is 1. The molecule has 0 amide bonds. The maximum absolute atomic E-state index is 4.36. The molecule has 1 atom stereocenters. The Morgan fingerprint density at radius 3 is 3.23 bits per heavy atom. The first-order valence-corrected chi connectivity index (χ1v) is 5.39. The van der Waals surface area contributed by atoms with E-state index in [4.69, 9.17) is 0 Å². The third-order valence-corrected chi connectivity index (χ3v) is 3.20. The number of nitrogens with zero attached hydrogens (tertiary/aromatic N) is 2. The molecule has 1 aliphatic rings. The minimum absolute atomic E-state index is 0.654. The zero-order valence-electron chi connectivity index (χ0n) is 7.66. The first-order valence-electron chi connectivity index (χ1n) is 4.51. The normalized spacial score (nSPS) is 22.1. The van der Waals surface area contributed by atoms with Gasteiger partial charge in [-0.2, -0.15) is 0 Å². The maximum Gasteiger partial charge on any atom is 0.188 e. The van der Waals surface area contributed by atoms with Crippen molar-refractivity contribution >= 4 is 11.8 Å². The summed E-state index contributed by atoms with van der Waals surface area (Å²) < 4.78 is 0. The molecule has 0 aromatic carbocycles. The Morgan fingerprint density at radius 2 is 2.54 bits per heavy atom. The summed E-state index contributed by atoms with van der Waals surface area (Å²) in [6, 6.07) is 1.93. The Hall–Kier alpha value is -0.610. The highest BCUT2D eigenvalue weighted by molar-refractivity contribution is 7.99. The fraction of sp³-hybridized carbons (Fsp3) is 0.556. The largest absolute Gasteiger partial charge is 0.316 e. The van der Waals surface area contributed by atoms with Gasteiger partial charge in [-0.25, -0.2) is 9.97 Å². The second kappa shape index (κ2) is 4.07. The first-order chi connectivity index (χ1) is 6.34. The summed E-state index contributed by atoms with van der Waals surface area (Å²) >= 11 is 1.78. The first kappa shape index (κ1) is 8.97. The van der Waals surface area contributed by atoms with Crippen molar-refractivity contribution in [2.75, 3.05) is 13.1 Å². The highest BCUT2D eigenvalue weighted by atomic mass is 32.2. The van der Waals surface area contributed by atoms with Crippen molar-refractivity contribution in [1.29, 1.82) is 0 Å². The molecule has 13 heavy (non-hydrogen) atoms. The zero-order chi connectivity index (χ0) is 9.10. The Labute approximate surface area is 82.4 Å². The van der Waals surface area contributed by atoms with Gasteiger partial charge in [0.15, 0.2) is 5.16 Å². The number of rotatable bonds is 2. The molecule has 1 aromatic rings. The van der Waals surface area contributed by atoms with E-state index in [1.165, 1.54) is 6.42 Å². The van der Waals surface area contributed by atoms with Gasteiger partial charge in [0.25, 0.3) is 0 Å². The molecule has 1 aromatic heterocycles. The van der Waals surface area contributed by atoms with Crippen molar-refractivity contribution in [3.05, 3.63) is 18.0 Å². The van der Waals surface area contributed by atoms with Crippen molar-refractivity contribution in [3.8, 4) is 0 Å². The maximum atomic E-state index is 4.36. The fourth-order valence-corrected chi connectivity index (χ4v) is 2.41. The Balaban J connectivity index is 2.00. The fourth-order valence-electron chi connectivity index (χ4n) is 1.36. The molecule has 70 valence electrons. The van der Waals surface area contributed by atoms with Gasteiger partial charge in [0.2, 0.25) is 0 Å². The molecule has 3 nitrogen and oxygen atoms in total. The van der Waals surface area contributed by atoms with Crippen molar-refractivity contribution in [3.63, 3.8) is 0 Å². The van der Waals surface area contributed by atoms with Crippen LogP contribution in [0, 0.1) is 6.92 Å². The second-order valence-corrected chi connectivity index (χ2v) is 4.48. The minimum atomic E-state index is 0.654. The predicted octanol–water partition coefficient (Wildman–Crippen LogP) is 1.24. The van der Waals surface area contributed by atoms with Gasteiger partial charge < -0.3 is 5.32 Å². The lowest BCUT2D eigenvalue weighted by molar-refractivity contribution is 0.857. The Kier molecular flexibility index (Phi) is 2.80. The van der Waals surface area contributed by atoms with Crippen molar-refractivity contribution in [2.24, 2.45) is 0 Å². The number of aryl methyl sites for hydroxylation is 1. The lowest BCUT2D eigenvalue weighted by Crippen LogP contribution is -2.10. The molecule has 2 rings (SSSR count). The molecule has 0 bridgehead atoms. The van der Waals surface area contributed by atoms with Crippen LogP contribution in [-0.2, 0) is 0 Å². The average molecular weight is 195 g/mol. The van der Waals surface area contributed by atoms with Gasteiger partial charge >= 0.3 is 0 Å².